The van der Waals surface area contributed by atoms with Crippen LogP contribution in [0.4, 0.5) is 0 Å². The molecule has 4 rings (SSSR count). The van der Waals surface area contributed by atoms with Crippen molar-refractivity contribution in [2.45, 2.75) is 26.4 Å². The van der Waals surface area contributed by atoms with Crippen LogP contribution in [0.15, 0.2) is 40.4 Å². The topological polar surface area (TPSA) is 126 Å². The molecule has 4 aromatic rings. The van der Waals surface area contributed by atoms with Crippen LogP contribution in [0.2, 0.25) is 0 Å². The van der Waals surface area contributed by atoms with Crippen LogP contribution in [0.5, 0.6) is 11.6 Å². The van der Waals surface area contributed by atoms with Crippen LogP contribution < -0.4 is 9.47 Å². The van der Waals surface area contributed by atoms with Crippen LogP contribution in [0.3, 0.4) is 0 Å². The van der Waals surface area contributed by atoms with Crippen molar-refractivity contribution in [2.24, 2.45) is 0 Å². The van der Waals surface area contributed by atoms with Gasteiger partial charge in [-0.3, -0.25) is 14.2 Å². The number of carboxylic acid groups (broad SMARTS) is 1. The smallest absolute Gasteiger partial charge is 0.303 e. The molecule has 0 fully saturated rings. The first-order chi connectivity index (χ1) is 16.5. The fourth-order valence-electron chi connectivity index (χ4n) is 3.53. The Balaban J connectivity index is 1.48. The quantitative estimate of drug-likeness (QED) is 0.316. The molecule has 11 heteroatoms. The highest BCUT2D eigenvalue weighted by Gasteiger charge is 2.21. The van der Waals surface area contributed by atoms with Gasteiger partial charge in [0.15, 0.2) is 5.01 Å². The van der Waals surface area contributed by atoms with E-state index in [0.717, 1.165) is 10.9 Å². The Bertz CT molecular complexity index is 1290. The molecule has 0 atom stereocenters. The summed E-state index contributed by atoms with van der Waals surface area (Å²) in [7, 11) is 1.53. The number of benzene rings is 1. The second-order valence-electron chi connectivity index (χ2n) is 7.42. The van der Waals surface area contributed by atoms with Crippen molar-refractivity contribution >= 4 is 34.1 Å². The number of hydrogen-bond acceptors (Lipinski definition) is 9. The van der Waals surface area contributed by atoms with Crippen LogP contribution in [0.25, 0.3) is 10.9 Å². The largest absolute Gasteiger partial charge is 0.497 e. The lowest BCUT2D eigenvalue weighted by molar-refractivity contribution is -0.136. The van der Waals surface area contributed by atoms with Crippen LogP contribution in [0, 0.1) is 6.92 Å². The molecule has 3 heterocycles. The SMILES string of the molecule is COc1cc(CCC(=O)O)c2cc(C)n(C(=O)c3nc(OCCOCc4ccon4)cs3)c2c1. The molecule has 3 aromatic heterocycles. The fraction of sp³-hybridized carbons (Fsp3) is 0.304. The number of nitrogens with zero attached hydrogens (tertiary/aromatic N) is 3. The molecule has 0 aliphatic rings. The number of fused-ring (bicyclic) bond motifs is 1. The molecule has 34 heavy (non-hydrogen) atoms. The van der Waals surface area contributed by atoms with E-state index in [1.165, 1.54) is 24.7 Å². The van der Waals surface area contributed by atoms with Gasteiger partial charge in [-0.2, -0.15) is 4.98 Å². The Morgan fingerprint density at radius 2 is 2.09 bits per heavy atom. The summed E-state index contributed by atoms with van der Waals surface area (Å²) in [6.45, 7) is 2.74. The minimum absolute atomic E-state index is 0.0179. The molecule has 1 aromatic carbocycles. The van der Waals surface area contributed by atoms with Gasteiger partial charge >= 0.3 is 5.97 Å². The van der Waals surface area contributed by atoms with E-state index in [1.54, 1.807) is 28.1 Å². The number of methoxy groups -OCH3 is 1. The van der Waals surface area contributed by atoms with Gasteiger partial charge in [0.25, 0.3) is 5.91 Å². The first-order valence-electron chi connectivity index (χ1n) is 10.5. The van der Waals surface area contributed by atoms with Gasteiger partial charge in [0.1, 0.15) is 24.3 Å². The van der Waals surface area contributed by atoms with Gasteiger partial charge in [-0.25, -0.2) is 0 Å². The summed E-state index contributed by atoms with van der Waals surface area (Å²) in [6, 6.07) is 7.17. The number of ether oxygens (including phenoxy) is 3. The number of aliphatic carboxylic acids is 1. The number of carboxylic acids is 1. The molecular formula is C23H23N3O7S. The number of aromatic nitrogens is 3. The van der Waals surface area contributed by atoms with E-state index >= 15 is 0 Å². The van der Waals surface area contributed by atoms with Gasteiger partial charge in [-0.1, -0.05) is 5.16 Å². The number of carbonyl (C=O) groups excluding carboxylic acids is 1. The van der Waals surface area contributed by atoms with Crippen LogP contribution in [-0.2, 0) is 22.6 Å². The van der Waals surface area contributed by atoms with E-state index in [-0.39, 0.29) is 23.9 Å². The van der Waals surface area contributed by atoms with Gasteiger partial charge in [0, 0.05) is 29.6 Å². The second-order valence-corrected chi connectivity index (χ2v) is 8.28. The average Bonchev–Trinajstić information content (AvgIpc) is 3.56. The van der Waals surface area contributed by atoms with Gasteiger partial charge in [-0.15, -0.1) is 11.3 Å². The molecule has 0 aliphatic carbocycles. The van der Waals surface area contributed by atoms with E-state index in [2.05, 4.69) is 10.1 Å². The van der Waals surface area contributed by atoms with Crippen LogP contribution in [0.1, 0.15) is 33.2 Å². The number of carbonyl (C=O) groups is 2. The first-order valence-corrected chi connectivity index (χ1v) is 11.3. The molecule has 0 amide bonds. The van der Waals surface area contributed by atoms with Crippen molar-refractivity contribution in [1.82, 2.24) is 14.7 Å². The third kappa shape index (κ3) is 5.26. The van der Waals surface area contributed by atoms with E-state index in [1.807, 2.05) is 13.0 Å². The standard InChI is InChI=1S/C23H23N3O7S/c1-14-9-18-15(3-4-21(27)28)10-17(30-2)11-19(18)26(14)23(29)22-24-20(13-34-22)32-8-7-31-12-16-5-6-33-25-16/h5-6,9-11,13H,3-4,7-8,12H2,1-2H3,(H,27,28). The summed E-state index contributed by atoms with van der Waals surface area (Å²) in [6.07, 6.45) is 1.79. The van der Waals surface area contributed by atoms with E-state index in [4.69, 9.17) is 23.8 Å². The summed E-state index contributed by atoms with van der Waals surface area (Å²) < 4.78 is 22.7. The minimum Gasteiger partial charge on any atom is -0.497 e. The Morgan fingerprint density at radius 3 is 2.82 bits per heavy atom. The number of aryl methyl sites for hydroxylation is 2. The number of hydrogen-bond donors (Lipinski definition) is 1. The van der Waals surface area contributed by atoms with E-state index < -0.39 is 5.97 Å². The molecule has 0 spiro atoms. The van der Waals surface area contributed by atoms with Gasteiger partial charge in [0.2, 0.25) is 5.88 Å². The third-order valence-electron chi connectivity index (χ3n) is 5.10. The predicted molar refractivity (Wildman–Crippen MR) is 123 cm³/mol. The van der Waals surface area contributed by atoms with E-state index in [9.17, 15) is 9.59 Å². The van der Waals surface area contributed by atoms with Crippen molar-refractivity contribution in [2.75, 3.05) is 20.3 Å². The van der Waals surface area contributed by atoms with Crippen LogP contribution >= 0.6 is 11.3 Å². The fourth-order valence-corrected chi connectivity index (χ4v) is 4.20. The summed E-state index contributed by atoms with van der Waals surface area (Å²) >= 11 is 1.18. The maximum Gasteiger partial charge on any atom is 0.303 e. The van der Waals surface area contributed by atoms with Crippen molar-refractivity contribution in [3.05, 3.63) is 57.9 Å². The average molecular weight is 486 g/mol. The maximum atomic E-state index is 13.3. The molecular weight excluding hydrogens is 462 g/mol. The third-order valence-corrected chi connectivity index (χ3v) is 5.90. The van der Waals surface area contributed by atoms with Crippen molar-refractivity contribution in [1.29, 1.82) is 0 Å². The predicted octanol–water partition coefficient (Wildman–Crippen LogP) is 3.70. The Kier molecular flexibility index (Phi) is 7.24. The molecule has 0 saturated carbocycles. The van der Waals surface area contributed by atoms with Gasteiger partial charge in [-0.05, 0) is 31.0 Å². The number of thiazole rings is 1. The highest BCUT2D eigenvalue weighted by atomic mass is 32.1. The maximum absolute atomic E-state index is 13.3. The molecule has 0 bridgehead atoms. The van der Waals surface area contributed by atoms with E-state index in [0.29, 0.717) is 48.2 Å². The monoisotopic (exact) mass is 485 g/mol. The van der Waals surface area contributed by atoms with Crippen LogP contribution in [-0.4, -0.2) is 52.0 Å². The Morgan fingerprint density at radius 1 is 1.24 bits per heavy atom. The Labute approximate surface area is 198 Å². The number of rotatable bonds is 11. The lowest BCUT2D eigenvalue weighted by Gasteiger charge is -2.09. The summed E-state index contributed by atoms with van der Waals surface area (Å²) in [4.78, 5) is 28.7. The van der Waals surface area contributed by atoms with Crippen molar-refractivity contribution in [3.8, 4) is 11.6 Å². The zero-order valence-electron chi connectivity index (χ0n) is 18.6. The highest BCUT2D eigenvalue weighted by molar-refractivity contribution is 7.11. The minimum atomic E-state index is -0.887. The second kappa shape index (κ2) is 10.5. The van der Waals surface area contributed by atoms with Crippen molar-refractivity contribution < 1.29 is 33.4 Å². The molecule has 178 valence electrons. The van der Waals surface area contributed by atoms with Gasteiger partial charge in [0.05, 0.1) is 31.2 Å². The zero-order valence-corrected chi connectivity index (χ0v) is 19.5. The molecule has 0 aliphatic heterocycles. The van der Waals surface area contributed by atoms with Gasteiger partial charge < -0.3 is 23.8 Å². The molecule has 0 radical (unpaired) electrons. The van der Waals surface area contributed by atoms with Crippen molar-refractivity contribution in [3.63, 3.8) is 0 Å². The molecule has 0 saturated heterocycles. The highest BCUT2D eigenvalue weighted by Crippen LogP contribution is 2.31. The lowest BCUT2D eigenvalue weighted by atomic mass is 10.0. The first kappa shape index (κ1) is 23.5. The summed E-state index contributed by atoms with van der Waals surface area (Å²) in [5, 5.41) is 15.6. The zero-order chi connectivity index (χ0) is 24.1. The molecule has 10 nitrogen and oxygen atoms in total. The normalized spacial score (nSPS) is 11.1. The molecule has 0 unspecified atom stereocenters. The summed E-state index contributed by atoms with van der Waals surface area (Å²) in [5.74, 6) is -0.296. The lowest BCUT2D eigenvalue weighted by Crippen LogP contribution is -2.13. The molecule has 1 N–H and O–H groups in total. The Hall–Kier alpha value is -3.70. The summed E-state index contributed by atoms with van der Waals surface area (Å²) in [5.41, 5.74) is 2.85.